The fourth-order valence-corrected chi connectivity index (χ4v) is 0.842. The van der Waals surface area contributed by atoms with Crippen LogP contribution in [0, 0.1) is 25.0 Å². The summed E-state index contributed by atoms with van der Waals surface area (Å²) in [4.78, 5) is 11.1. The van der Waals surface area contributed by atoms with Crippen molar-refractivity contribution >= 4 is 0 Å². The quantitative estimate of drug-likeness (QED) is 0.474. The minimum atomic E-state index is 0. The summed E-state index contributed by atoms with van der Waals surface area (Å²) in [6, 6.07) is 3.44. The summed E-state index contributed by atoms with van der Waals surface area (Å²) >= 11 is 0. The Balaban J connectivity index is 0. The van der Waals surface area contributed by atoms with Crippen LogP contribution in [0.2, 0.25) is 0 Å². The number of methoxy groups -OCH3 is 1. The molecule has 0 unspecified atom stereocenters. The fraction of sp³-hybridized carbons (Fsp3) is 0.0833. The Morgan fingerprint density at radius 1 is 1.22 bits per heavy atom. The molecule has 0 aliphatic rings. The van der Waals surface area contributed by atoms with Crippen LogP contribution in [0.25, 0.3) is 0 Å². The largest absolute Gasteiger partial charge is 1.00 e. The third-order valence-electron chi connectivity index (χ3n) is 1.55. The maximum atomic E-state index is 8.47. The molecule has 2 rings (SSSR count). The van der Waals surface area contributed by atoms with Crippen LogP contribution < -0.4 is 56.1 Å². The summed E-state index contributed by atoms with van der Waals surface area (Å²) in [7, 11) is 1.50. The summed E-state index contributed by atoms with van der Waals surface area (Å²) in [6.07, 6.45) is 10.5. The topological polar surface area (TPSA) is 71.7 Å². The molecule has 0 aromatic carbocycles. The van der Waals surface area contributed by atoms with Crippen LogP contribution in [0.3, 0.4) is 0 Å². The number of pyridine rings is 1. The van der Waals surface area contributed by atoms with Crippen LogP contribution in [0.15, 0.2) is 37.1 Å². The van der Waals surface area contributed by atoms with E-state index < -0.39 is 0 Å². The first-order valence-corrected chi connectivity index (χ1v) is 4.38. The molecule has 0 aliphatic carbocycles. The van der Waals surface area contributed by atoms with Gasteiger partial charge in [0, 0.05) is 36.6 Å². The van der Waals surface area contributed by atoms with Crippen LogP contribution in [-0.4, -0.2) is 22.1 Å². The Kier molecular flexibility index (Phi) is 13.7. The fourth-order valence-electron chi connectivity index (χ4n) is 0.842. The number of aromatic nitrogens is 3. The molecule has 0 bridgehead atoms. The third kappa shape index (κ3) is 7.48. The molecule has 0 N–H and O–H groups in total. The monoisotopic (exact) mass is 267 g/mol. The summed E-state index contributed by atoms with van der Waals surface area (Å²) in [5, 5.41) is 8.47. The van der Waals surface area contributed by atoms with E-state index >= 15 is 0 Å². The van der Waals surface area contributed by atoms with Gasteiger partial charge < -0.3 is 17.1 Å². The molecule has 0 saturated heterocycles. The van der Waals surface area contributed by atoms with Crippen molar-refractivity contribution in [2.24, 2.45) is 0 Å². The van der Waals surface area contributed by atoms with E-state index in [4.69, 9.17) is 10.00 Å². The smallest absolute Gasteiger partial charge is 0.519 e. The van der Waals surface area contributed by atoms with Crippen LogP contribution in [0.5, 0.6) is 5.75 Å². The van der Waals surface area contributed by atoms with Gasteiger partial charge in [-0.05, 0) is 11.8 Å². The zero-order chi connectivity index (χ0) is 11.6. The normalized spacial score (nSPS) is 7.33. The van der Waals surface area contributed by atoms with E-state index in [9.17, 15) is 0 Å². The van der Waals surface area contributed by atoms with Gasteiger partial charge >= 0.3 is 51.4 Å². The summed E-state index contributed by atoms with van der Waals surface area (Å²) < 4.78 is 4.83. The molecule has 0 aliphatic heterocycles. The van der Waals surface area contributed by atoms with Crippen LogP contribution in [-0.2, 0) is 0 Å². The van der Waals surface area contributed by atoms with Gasteiger partial charge in [-0.1, -0.05) is 6.20 Å². The zero-order valence-electron chi connectivity index (χ0n) is 10.7. The Morgan fingerprint density at radius 3 is 2.11 bits per heavy atom. The molecule has 0 spiro atoms. The van der Waals surface area contributed by atoms with Crippen molar-refractivity contribution in [3.63, 3.8) is 0 Å². The molecule has 6 heteroatoms. The zero-order valence-corrected chi connectivity index (χ0v) is 13.8. The van der Waals surface area contributed by atoms with Crippen molar-refractivity contribution in [2.45, 2.75) is 0 Å². The van der Waals surface area contributed by atoms with Gasteiger partial charge in [0.25, 0.3) is 0 Å². The maximum Gasteiger partial charge on any atom is 1.00 e. The van der Waals surface area contributed by atoms with Crippen LogP contribution in [0.1, 0.15) is 5.56 Å². The molecule has 0 fully saturated rings. The van der Waals surface area contributed by atoms with Crippen molar-refractivity contribution in [3.8, 4) is 11.8 Å². The Hall–Kier alpha value is -0.844. The van der Waals surface area contributed by atoms with E-state index in [1.165, 1.54) is 19.4 Å². The number of nitriles is 1. The number of nitrogens with zero attached hydrogens (tertiary/aromatic N) is 4. The molecule has 2 aromatic rings. The SMILES string of the molecule is COc1cn[c-]cc1C#N.[CH3-].[K+].c1cnccn1. The molecule has 18 heavy (non-hydrogen) atoms. The van der Waals surface area contributed by atoms with Crippen molar-refractivity contribution in [2.75, 3.05) is 7.11 Å². The second kappa shape index (κ2) is 12.6. The molecule has 0 atom stereocenters. The average Bonchev–Trinajstić information content (AvgIpc) is 2.41. The van der Waals surface area contributed by atoms with Gasteiger partial charge in [-0.25, -0.2) is 5.26 Å². The van der Waals surface area contributed by atoms with Crippen molar-refractivity contribution in [3.05, 3.63) is 56.2 Å². The van der Waals surface area contributed by atoms with E-state index in [1.54, 1.807) is 24.8 Å². The molecule has 0 saturated carbocycles. The Morgan fingerprint density at radius 2 is 1.78 bits per heavy atom. The van der Waals surface area contributed by atoms with Gasteiger partial charge in [0.15, 0.2) is 0 Å². The predicted octanol–water partition coefficient (Wildman–Crippen LogP) is -1.31. The van der Waals surface area contributed by atoms with E-state index in [2.05, 4.69) is 21.1 Å². The Labute approximate surface area is 150 Å². The molecule has 2 aromatic heterocycles. The van der Waals surface area contributed by atoms with Gasteiger partial charge in [0.05, 0.1) is 7.11 Å². The van der Waals surface area contributed by atoms with Gasteiger partial charge in [-0.3, -0.25) is 9.97 Å². The van der Waals surface area contributed by atoms with Gasteiger partial charge in [0.2, 0.25) is 0 Å². The number of hydrogen-bond donors (Lipinski definition) is 0. The van der Waals surface area contributed by atoms with E-state index in [0.29, 0.717) is 11.3 Å². The second-order valence-electron chi connectivity index (χ2n) is 2.52. The molecule has 88 valence electrons. The number of ether oxygens (including phenoxy) is 1. The number of rotatable bonds is 1. The van der Waals surface area contributed by atoms with E-state index in [-0.39, 0.29) is 58.8 Å². The van der Waals surface area contributed by atoms with Crippen molar-refractivity contribution < 1.29 is 56.1 Å². The predicted molar refractivity (Wildman–Crippen MR) is 62.8 cm³/mol. The first-order chi connectivity index (χ1) is 7.88. The van der Waals surface area contributed by atoms with Crippen molar-refractivity contribution in [1.29, 1.82) is 5.26 Å². The van der Waals surface area contributed by atoms with Crippen LogP contribution >= 0.6 is 0 Å². The third-order valence-corrected chi connectivity index (χ3v) is 1.55. The standard InChI is InChI=1S/C7H5N2O.C4H4N2.CH3.K/c1-10-7-5-9-3-2-6(7)4-8;1-2-6-4-3-5-1;;/h2,5H,1H3;1-4H;1H3;/q-1;;-1;+1. The van der Waals surface area contributed by atoms with Gasteiger partial charge in [-0.15, -0.1) is 6.07 Å². The molecule has 5 nitrogen and oxygen atoms in total. The van der Waals surface area contributed by atoms with E-state index in [0.717, 1.165) is 0 Å². The average molecular weight is 267 g/mol. The van der Waals surface area contributed by atoms with Gasteiger partial charge in [-0.2, -0.15) is 0 Å². The summed E-state index contributed by atoms with van der Waals surface area (Å²) in [6.45, 7) is 0. The molecule has 2 heterocycles. The molecular weight excluding hydrogens is 255 g/mol. The minimum Gasteiger partial charge on any atom is -0.519 e. The maximum absolute atomic E-state index is 8.47. The Bertz CT molecular complexity index is 432. The summed E-state index contributed by atoms with van der Waals surface area (Å²) in [5.41, 5.74) is 0.456. The number of hydrogen-bond acceptors (Lipinski definition) is 5. The minimum absolute atomic E-state index is 0. The van der Waals surface area contributed by atoms with Crippen LogP contribution in [0.4, 0.5) is 0 Å². The summed E-state index contributed by atoms with van der Waals surface area (Å²) in [5.74, 6) is 0.487. The van der Waals surface area contributed by atoms with Gasteiger partial charge in [0.1, 0.15) is 0 Å². The van der Waals surface area contributed by atoms with E-state index in [1.807, 2.05) is 6.07 Å². The second-order valence-corrected chi connectivity index (χ2v) is 2.52. The molecule has 0 radical (unpaired) electrons. The van der Waals surface area contributed by atoms with Crippen molar-refractivity contribution in [1.82, 2.24) is 15.0 Å². The first-order valence-electron chi connectivity index (χ1n) is 4.38. The first kappa shape index (κ1) is 19.5. The molecule has 0 amide bonds. The molecular formula is C12H12KN4O-.